The van der Waals surface area contributed by atoms with Gasteiger partial charge in [0.15, 0.2) is 17.5 Å². The molecule has 0 aliphatic carbocycles. The van der Waals surface area contributed by atoms with Crippen LogP contribution in [0.3, 0.4) is 0 Å². The Labute approximate surface area is 77.0 Å². The topological polar surface area (TPSA) is 63.3 Å². The summed E-state index contributed by atoms with van der Waals surface area (Å²) in [4.78, 5) is 10.3. The molecule has 0 spiro atoms. The van der Waals surface area contributed by atoms with Gasteiger partial charge in [-0.25, -0.2) is 13.2 Å². The van der Waals surface area contributed by atoms with E-state index in [1.54, 1.807) is 0 Å². The fourth-order valence-corrected chi connectivity index (χ4v) is 0.914. The first-order valence-electron chi connectivity index (χ1n) is 3.57. The van der Waals surface area contributed by atoms with Gasteiger partial charge in [0.05, 0.1) is 0 Å². The number of carboxylic acids is 1. The van der Waals surface area contributed by atoms with Crippen molar-refractivity contribution in [2.24, 2.45) is 5.73 Å². The highest BCUT2D eigenvalue weighted by molar-refractivity contribution is 5.75. The average molecular weight is 205 g/mol. The number of benzene rings is 1. The quantitative estimate of drug-likeness (QED) is 0.713. The first-order chi connectivity index (χ1) is 6.45. The van der Waals surface area contributed by atoms with Crippen molar-refractivity contribution in [3.05, 3.63) is 35.1 Å². The van der Waals surface area contributed by atoms with Crippen LogP contribution in [0.4, 0.5) is 13.2 Å². The number of aliphatic carboxylic acids is 1. The summed E-state index contributed by atoms with van der Waals surface area (Å²) in [5.74, 6) is -6.20. The second-order valence-corrected chi connectivity index (χ2v) is 2.58. The number of rotatable bonds is 2. The van der Waals surface area contributed by atoms with Gasteiger partial charge in [-0.3, -0.25) is 4.79 Å². The molecule has 1 aromatic carbocycles. The van der Waals surface area contributed by atoms with E-state index in [1.165, 1.54) is 0 Å². The predicted molar refractivity (Wildman–Crippen MR) is 40.9 cm³/mol. The fourth-order valence-electron chi connectivity index (χ4n) is 0.914. The molecule has 76 valence electrons. The van der Waals surface area contributed by atoms with Crippen molar-refractivity contribution in [3.8, 4) is 0 Å². The fraction of sp³-hybridized carbons (Fsp3) is 0.125. The van der Waals surface area contributed by atoms with Crippen molar-refractivity contribution >= 4 is 5.97 Å². The first kappa shape index (κ1) is 10.5. The Bertz CT molecular complexity index is 381. The lowest BCUT2D eigenvalue weighted by Gasteiger charge is -2.08. The lowest BCUT2D eigenvalue weighted by Crippen LogP contribution is -2.22. The van der Waals surface area contributed by atoms with E-state index in [-0.39, 0.29) is 0 Å². The molecule has 0 heterocycles. The summed E-state index contributed by atoms with van der Waals surface area (Å²) in [5.41, 5.74) is 4.44. The van der Waals surface area contributed by atoms with Crippen molar-refractivity contribution in [1.82, 2.24) is 0 Å². The number of carboxylic acid groups (broad SMARTS) is 1. The third-order valence-electron chi connectivity index (χ3n) is 1.67. The van der Waals surface area contributed by atoms with Gasteiger partial charge in [-0.1, -0.05) is 6.07 Å². The molecule has 0 amide bonds. The van der Waals surface area contributed by atoms with Crippen molar-refractivity contribution in [2.45, 2.75) is 6.04 Å². The van der Waals surface area contributed by atoms with Crippen LogP contribution in [0.2, 0.25) is 0 Å². The van der Waals surface area contributed by atoms with E-state index in [0.717, 1.165) is 6.07 Å². The molecule has 1 aromatic rings. The molecular formula is C8H6F3NO2. The SMILES string of the molecule is NC(C(=O)O)c1ccc(F)c(F)c1F. The lowest BCUT2D eigenvalue weighted by molar-refractivity contribution is -0.138. The third-order valence-corrected chi connectivity index (χ3v) is 1.67. The summed E-state index contributed by atoms with van der Waals surface area (Å²) >= 11 is 0. The van der Waals surface area contributed by atoms with Gasteiger partial charge in [0.1, 0.15) is 6.04 Å². The number of hydrogen-bond acceptors (Lipinski definition) is 2. The summed E-state index contributed by atoms with van der Waals surface area (Å²) in [6.45, 7) is 0. The summed E-state index contributed by atoms with van der Waals surface area (Å²) < 4.78 is 38.0. The minimum atomic E-state index is -1.72. The van der Waals surface area contributed by atoms with E-state index in [1.807, 2.05) is 0 Å². The van der Waals surface area contributed by atoms with E-state index in [4.69, 9.17) is 10.8 Å². The minimum Gasteiger partial charge on any atom is -0.480 e. The molecule has 0 radical (unpaired) electrons. The highest BCUT2D eigenvalue weighted by Crippen LogP contribution is 2.19. The van der Waals surface area contributed by atoms with Gasteiger partial charge in [0.2, 0.25) is 0 Å². The van der Waals surface area contributed by atoms with E-state index in [2.05, 4.69) is 0 Å². The maximum Gasteiger partial charge on any atom is 0.325 e. The Morgan fingerprint density at radius 1 is 1.29 bits per heavy atom. The zero-order valence-corrected chi connectivity index (χ0v) is 6.80. The Balaban J connectivity index is 3.24. The molecule has 0 aromatic heterocycles. The average Bonchev–Trinajstić information content (AvgIpc) is 2.13. The molecule has 3 nitrogen and oxygen atoms in total. The number of nitrogens with two attached hydrogens (primary N) is 1. The minimum absolute atomic E-state index is 0.587. The second-order valence-electron chi connectivity index (χ2n) is 2.58. The molecule has 1 atom stereocenters. The Kier molecular flexibility index (Phi) is 2.76. The van der Waals surface area contributed by atoms with Gasteiger partial charge in [0.25, 0.3) is 0 Å². The van der Waals surface area contributed by atoms with Gasteiger partial charge >= 0.3 is 5.97 Å². The van der Waals surface area contributed by atoms with Crippen LogP contribution in [0, 0.1) is 17.5 Å². The van der Waals surface area contributed by atoms with Crippen LogP contribution in [0.15, 0.2) is 12.1 Å². The maximum atomic E-state index is 12.9. The number of carbonyl (C=O) groups is 1. The van der Waals surface area contributed by atoms with Crippen LogP contribution < -0.4 is 5.73 Å². The van der Waals surface area contributed by atoms with Gasteiger partial charge in [-0.15, -0.1) is 0 Å². The van der Waals surface area contributed by atoms with Crippen molar-refractivity contribution in [1.29, 1.82) is 0 Å². The standard InChI is InChI=1S/C8H6F3NO2/c9-4-2-1-3(5(10)6(4)11)7(12)8(13)14/h1-2,7H,12H2,(H,13,14). The zero-order valence-electron chi connectivity index (χ0n) is 6.80. The Morgan fingerprint density at radius 3 is 2.36 bits per heavy atom. The van der Waals surface area contributed by atoms with Gasteiger partial charge in [-0.05, 0) is 6.07 Å². The summed E-state index contributed by atoms with van der Waals surface area (Å²) in [6.07, 6.45) is 0. The molecule has 0 aliphatic heterocycles. The second kappa shape index (κ2) is 3.67. The number of halogens is 3. The molecule has 6 heteroatoms. The molecule has 14 heavy (non-hydrogen) atoms. The highest BCUT2D eigenvalue weighted by atomic mass is 19.2. The summed E-state index contributed by atoms with van der Waals surface area (Å²) in [5, 5.41) is 8.41. The van der Waals surface area contributed by atoms with Gasteiger partial charge < -0.3 is 10.8 Å². The Morgan fingerprint density at radius 2 is 1.86 bits per heavy atom. The maximum absolute atomic E-state index is 12.9. The molecule has 3 N–H and O–H groups in total. The van der Waals surface area contributed by atoms with Gasteiger partial charge in [-0.2, -0.15) is 0 Å². The molecule has 0 saturated heterocycles. The van der Waals surface area contributed by atoms with Crippen LogP contribution in [0.1, 0.15) is 11.6 Å². The molecule has 1 unspecified atom stereocenters. The van der Waals surface area contributed by atoms with Crippen molar-refractivity contribution < 1.29 is 23.1 Å². The van der Waals surface area contributed by atoms with Crippen LogP contribution in [0.5, 0.6) is 0 Å². The molecule has 0 aliphatic rings. The monoisotopic (exact) mass is 205 g/mol. The van der Waals surface area contributed by atoms with E-state index >= 15 is 0 Å². The lowest BCUT2D eigenvalue weighted by atomic mass is 10.1. The number of hydrogen-bond donors (Lipinski definition) is 2. The first-order valence-corrected chi connectivity index (χ1v) is 3.57. The van der Waals surface area contributed by atoms with Crippen LogP contribution >= 0.6 is 0 Å². The van der Waals surface area contributed by atoms with Crippen molar-refractivity contribution in [2.75, 3.05) is 0 Å². The van der Waals surface area contributed by atoms with Crippen molar-refractivity contribution in [3.63, 3.8) is 0 Å². The van der Waals surface area contributed by atoms with Crippen LogP contribution in [0.25, 0.3) is 0 Å². The molecular weight excluding hydrogens is 199 g/mol. The van der Waals surface area contributed by atoms with E-state index < -0.39 is 35.0 Å². The summed E-state index contributed by atoms with van der Waals surface area (Å²) in [6, 6.07) is -0.284. The molecule has 0 bridgehead atoms. The highest BCUT2D eigenvalue weighted by Gasteiger charge is 2.22. The molecule has 0 saturated carbocycles. The summed E-state index contributed by atoms with van der Waals surface area (Å²) in [7, 11) is 0. The molecule has 0 fully saturated rings. The largest absolute Gasteiger partial charge is 0.480 e. The smallest absolute Gasteiger partial charge is 0.325 e. The van der Waals surface area contributed by atoms with Gasteiger partial charge in [0, 0.05) is 5.56 Å². The normalized spacial score (nSPS) is 12.6. The van der Waals surface area contributed by atoms with Crippen LogP contribution in [-0.4, -0.2) is 11.1 Å². The third kappa shape index (κ3) is 1.69. The zero-order chi connectivity index (χ0) is 10.9. The van der Waals surface area contributed by atoms with Crippen LogP contribution in [-0.2, 0) is 4.79 Å². The molecule has 1 rings (SSSR count). The van der Waals surface area contributed by atoms with E-state index in [9.17, 15) is 18.0 Å². The van der Waals surface area contributed by atoms with E-state index in [0.29, 0.717) is 6.07 Å². The Hall–Kier alpha value is -1.56. The predicted octanol–water partition coefficient (Wildman–Crippen LogP) is 1.19.